The Morgan fingerprint density at radius 1 is 1.21 bits per heavy atom. The van der Waals surface area contributed by atoms with Crippen LogP contribution in [0.5, 0.6) is 5.75 Å². The number of amides is 1. The summed E-state index contributed by atoms with van der Waals surface area (Å²) in [7, 11) is 1.56. The van der Waals surface area contributed by atoms with Crippen LogP contribution in [0.15, 0.2) is 67.7 Å². The second-order valence-electron chi connectivity index (χ2n) is 6.45. The quantitative estimate of drug-likeness (QED) is 0.432. The van der Waals surface area contributed by atoms with E-state index in [1.54, 1.807) is 43.0 Å². The van der Waals surface area contributed by atoms with Crippen molar-refractivity contribution in [3.05, 3.63) is 85.6 Å². The molecule has 0 N–H and O–H groups in total. The normalized spacial score (nSPS) is 15.7. The van der Waals surface area contributed by atoms with Crippen molar-refractivity contribution in [2.45, 2.75) is 6.04 Å². The lowest BCUT2D eigenvalue weighted by Gasteiger charge is -2.24. The highest BCUT2D eigenvalue weighted by Gasteiger charge is 2.45. The molecule has 1 atom stereocenters. The molecule has 1 aliphatic heterocycles. The molecule has 0 aliphatic carbocycles. The van der Waals surface area contributed by atoms with Gasteiger partial charge in [-0.25, -0.2) is 4.98 Å². The van der Waals surface area contributed by atoms with Gasteiger partial charge < -0.3 is 9.15 Å². The van der Waals surface area contributed by atoms with Crippen molar-refractivity contribution in [1.82, 2.24) is 4.98 Å². The molecule has 29 heavy (non-hydrogen) atoms. The molecule has 0 unspecified atom stereocenters. The van der Waals surface area contributed by atoms with Gasteiger partial charge >= 0.3 is 0 Å². The smallest absolute Gasteiger partial charge is 0.297 e. The molecule has 3 heterocycles. The number of rotatable bonds is 3. The zero-order valence-corrected chi connectivity index (χ0v) is 17.5. The zero-order valence-electron chi connectivity index (χ0n) is 15.1. The van der Waals surface area contributed by atoms with Crippen molar-refractivity contribution < 1.29 is 13.9 Å². The Morgan fingerprint density at radius 3 is 2.79 bits per heavy atom. The van der Waals surface area contributed by atoms with Crippen LogP contribution in [-0.4, -0.2) is 18.0 Å². The number of hydrogen-bond acceptors (Lipinski definition) is 6. The molecule has 144 valence electrons. The van der Waals surface area contributed by atoms with Crippen LogP contribution in [0.1, 0.15) is 27.7 Å². The fraction of sp³-hybridized carbons (Fsp3) is 0.0952. The number of anilines is 1. The molecule has 2 aromatic heterocycles. The SMILES string of the molecule is COc1ccccc1[C@@H]1c2c(oc3ccc(Br)cc3c2=O)C(=O)N1c1nccs1. The van der Waals surface area contributed by atoms with Gasteiger partial charge in [-0.05, 0) is 24.3 Å². The number of benzene rings is 2. The van der Waals surface area contributed by atoms with Gasteiger partial charge in [0.1, 0.15) is 17.4 Å². The van der Waals surface area contributed by atoms with E-state index in [-0.39, 0.29) is 11.2 Å². The molecule has 4 aromatic rings. The number of methoxy groups -OCH3 is 1. The number of nitrogens with zero attached hydrogens (tertiary/aromatic N) is 2. The number of halogens is 1. The maximum atomic E-state index is 13.5. The number of hydrogen-bond donors (Lipinski definition) is 0. The third-order valence-corrected chi connectivity index (χ3v) is 6.16. The second kappa shape index (κ2) is 6.82. The van der Waals surface area contributed by atoms with Crippen LogP contribution in [-0.2, 0) is 0 Å². The minimum Gasteiger partial charge on any atom is -0.496 e. The molecule has 0 radical (unpaired) electrons. The standard InChI is InChI=1S/C21H13BrN2O4S/c1-27-14-5-3-2-4-12(14)17-16-18(25)13-10-11(22)6-7-15(13)28-19(16)20(26)24(17)21-23-8-9-29-21/h2-10,17H,1H3/t17-/m1/s1. The lowest BCUT2D eigenvalue weighted by atomic mass is 9.98. The van der Waals surface area contributed by atoms with E-state index in [2.05, 4.69) is 20.9 Å². The number of thiazole rings is 1. The highest BCUT2D eigenvalue weighted by Crippen LogP contribution is 2.44. The second-order valence-corrected chi connectivity index (χ2v) is 8.24. The monoisotopic (exact) mass is 468 g/mol. The maximum absolute atomic E-state index is 13.5. The summed E-state index contributed by atoms with van der Waals surface area (Å²) in [5, 5.41) is 2.68. The highest BCUT2D eigenvalue weighted by molar-refractivity contribution is 9.10. The van der Waals surface area contributed by atoms with Crippen LogP contribution < -0.4 is 15.1 Å². The summed E-state index contributed by atoms with van der Waals surface area (Å²) in [6, 6.07) is 11.8. The molecule has 0 bridgehead atoms. The van der Waals surface area contributed by atoms with E-state index >= 15 is 0 Å². The van der Waals surface area contributed by atoms with Gasteiger partial charge in [0.2, 0.25) is 5.76 Å². The van der Waals surface area contributed by atoms with Crippen LogP contribution in [0, 0.1) is 0 Å². The van der Waals surface area contributed by atoms with Crippen LogP contribution >= 0.6 is 27.3 Å². The topological polar surface area (TPSA) is 72.6 Å². The van der Waals surface area contributed by atoms with Crippen molar-refractivity contribution in [1.29, 1.82) is 0 Å². The number of carbonyl (C=O) groups is 1. The van der Waals surface area contributed by atoms with Gasteiger partial charge in [0.25, 0.3) is 5.91 Å². The van der Waals surface area contributed by atoms with E-state index in [0.717, 1.165) is 4.47 Å². The summed E-state index contributed by atoms with van der Waals surface area (Å²) in [6.07, 6.45) is 1.62. The van der Waals surface area contributed by atoms with Crippen molar-refractivity contribution in [2.24, 2.45) is 0 Å². The Morgan fingerprint density at radius 2 is 2.03 bits per heavy atom. The van der Waals surface area contributed by atoms with Crippen molar-refractivity contribution in [3.63, 3.8) is 0 Å². The average molecular weight is 469 g/mol. The van der Waals surface area contributed by atoms with Gasteiger partial charge in [0.05, 0.1) is 18.1 Å². The number of fused-ring (bicyclic) bond motifs is 2. The maximum Gasteiger partial charge on any atom is 0.297 e. The molecule has 5 rings (SSSR count). The van der Waals surface area contributed by atoms with E-state index in [0.29, 0.717) is 33.0 Å². The highest BCUT2D eigenvalue weighted by atomic mass is 79.9. The first-order valence-electron chi connectivity index (χ1n) is 8.72. The van der Waals surface area contributed by atoms with E-state index < -0.39 is 11.9 Å². The fourth-order valence-electron chi connectivity index (χ4n) is 3.66. The predicted molar refractivity (Wildman–Crippen MR) is 114 cm³/mol. The Bertz CT molecular complexity index is 1320. The molecule has 6 nitrogen and oxygen atoms in total. The minimum atomic E-state index is -0.695. The summed E-state index contributed by atoms with van der Waals surface area (Å²) in [6.45, 7) is 0. The molecule has 8 heteroatoms. The van der Waals surface area contributed by atoms with Gasteiger partial charge in [-0.3, -0.25) is 14.5 Å². The number of carbonyl (C=O) groups excluding carboxylic acids is 1. The molecular formula is C21H13BrN2O4S. The summed E-state index contributed by atoms with van der Waals surface area (Å²) in [5.41, 5.74) is 1.11. The summed E-state index contributed by atoms with van der Waals surface area (Å²) in [4.78, 5) is 32.7. The largest absolute Gasteiger partial charge is 0.496 e. The average Bonchev–Trinajstić information content (AvgIpc) is 3.35. The number of aromatic nitrogens is 1. The molecule has 0 saturated heterocycles. The number of ether oxygens (including phenoxy) is 1. The van der Waals surface area contributed by atoms with Gasteiger partial charge in [0, 0.05) is 21.6 Å². The van der Waals surface area contributed by atoms with Gasteiger partial charge in [-0.2, -0.15) is 0 Å². The lowest BCUT2D eigenvalue weighted by Crippen LogP contribution is -2.29. The minimum absolute atomic E-state index is 0.0379. The molecule has 2 aromatic carbocycles. The molecule has 0 spiro atoms. The van der Waals surface area contributed by atoms with E-state index in [4.69, 9.17) is 9.15 Å². The third kappa shape index (κ3) is 2.71. The lowest BCUT2D eigenvalue weighted by molar-refractivity contribution is 0.0971. The molecule has 1 aliphatic rings. The first kappa shape index (κ1) is 18.1. The van der Waals surface area contributed by atoms with E-state index in [9.17, 15) is 9.59 Å². The first-order chi connectivity index (χ1) is 14.1. The van der Waals surface area contributed by atoms with E-state index in [1.165, 1.54) is 16.2 Å². The van der Waals surface area contributed by atoms with Gasteiger partial charge in [-0.15, -0.1) is 11.3 Å². The third-order valence-electron chi connectivity index (χ3n) is 4.89. The van der Waals surface area contributed by atoms with E-state index in [1.807, 2.05) is 18.2 Å². The fourth-order valence-corrected chi connectivity index (χ4v) is 4.69. The van der Waals surface area contributed by atoms with Gasteiger partial charge in [-0.1, -0.05) is 34.1 Å². The van der Waals surface area contributed by atoms with Crippen LogP contribution in [0.3, 0.4) is 0 Å². The Hall–Kier alpha value is -2.97. The van der Waals surface area contributed by atoms with Gasteiger partial charge in [0.15, 0.2) is 10.6 Å². The van der Waals surface area contributed by atoms with Crippen molar-refractivity contribution in [3.8, 4) is 5.75 Å². The molecule has 0 saturated carbocycles. The zero-order chi connectivity index (χ0) is 20.1. The number of para-hydroxylation sites is 1. The Kier molecular flexibility index (Phi) is 4.25. The van der Waals surface area contributed by atoms with Crippen molar-refractivity contribution >= 4 is 49.3 Å². The molecule has 0 fully saturated rings. The predicted octanol–water partition coefficient (Wildman–Crippen LogP) is 4.77. The Balaban J connectivity index is 1.86. The molecular weight excluding hydrogens is 456 g/mol. The Labute approximate surface area is 177 Å². The summed E-state index contributed by atoms with van der Waals surface area (Å²) < 4.78 is 12.2. The molecule has 1 amide bonds. The first-order valence-corrected chi connectivity index (χ1v) is 10.4. The van der Waals surface area contributed by atoms with Crippen LogP contribution in [0.25, 0.3) is 11.0 Å². The summed E-state index contributed by atoms with van der Waals surface area (Å²) >= 11 is 4.72. The van der Waals surface area contributed by atoms with Crippen LogP contribution in [0.4, 0.5) is 5.13 Å². The van der Waals surface area contributed by atoms with Crippen LogP contribution in [0.2, 0.25) is 0 Å². The summed E-state index contributed by atoms with van der Waals surface area (Å²) in [5.74, 6) is 0.220. The van der Waals surface area contributed by atoms with Crippen molar-refractivity contribution in [2.75, 3.05) is 12.0 Å².